The summed E-state index contributed by atoms with van der Waals surface area (Å²) in [5.41, 5.74) is 4.15. The fourth-order valence-electron chi connectivity index (χ4n) is 3.15. The van der Waals surface area contributed by atoms with Crippen LogP contribution < -0.4 is 10.2 Å². The predicted octanol–water partition coefficient (Wildman–Crippen LogP) is 4.47. The maximum Gasteiger partial charge on any atom is 0.275 e. The summed E-state index contributed by atoms with van der Waals surface area (Å²) in [4.78, 5) is 43.8. The highest BCUT2D eigenvalue weighted by Gasteiger charge is 2.38. The number of thiazole rings is 1. The molecule has 1 aliphatic heterocycles. The van der Waals surface area contributed by atoms with Crippen LogP contribution in [0, 0.1) is 13.8 Å². The molecule has 0 saturated heterocycles. The van der Waals surface area contributed by atoms with Gasteiger partial charge in [-0.3, -0.25) is 14.4 Å². The number of carbonyl (C=O) groups excluding carboxylic acids is 3. The van der Waals surface area contributed by atoms with Crippen LogP contribution in [0.5, 0.6) is 0 Å². The number of carbonyl (C=O) groups is 3. The first-order valence-electron chi connectivity index (χ1n) is 8.38. The highest BCUT2D eigenvalue weighted by molar-refractivity contribution is 7.09. The minimum atomic E-state index is -0.416. The van der Waals surface area contributed by atoms with E-state index in [4.69, 9.17) is 11.6 Å². The van der Waals surface area contributed by atoms with Gasteiger partial charge in [0, 0.05) is 10.6 Å². The average Bonchev–Trinajstić information content (AvgIpc) is 3.18. The number of imide groups is 1. The molecule has 0 unspecified atom stereocenters. The molecule has 0 fully saturated rings. The predicted molar refractivity (Wildman–Crippen MR) is 109 cm³/mol. The van der Waals surface area contributed by atoms with E-state index in [0.717, 1.165) is 15.3 Å². The number of aromatic nitrogens is 1. The Labute approximate surface area is 169 Å². The minimum absolute atomic E-state index is 0.181. The molecule has 0 atom stereocenters. The van der Waals surface area contributed by atoms with Crippen LogP contribution in [0.25, 0.3) is 0 Å². The standard InChI is InChI=1S/C20H14ClN3O3S/c1-10-4-3-5-13-16(10)20(27)24(19(13)26)15-7-6-12(8-14(15)21)23-18(25)17-11(2)28-9-22-17/h3-9H,1-2H3,(H,23,25). The summed E-state index contributed by atoms with van der Waals surface area (Å²) in [5, 5.41) is 2.91. The van der Waals surface area contributed by atoms with E-state index >= 15 is 0 Å². The molecule has 3 aromatic rings. The monoisotopic (exact) mass is 411 g/mol. The fourth-order valence-corrected chi connectivity index (χ4v) is 3.99. The molecule has 2 aromatic carbocycles. The van der Waals surface area contributed by atoms with Gasteiger partial charge in [0.25, 0.3) is 17.7 Å². The molecular weight excluding hydrogens is 398 g/mol. The third-order valence-electron chi connectivity index (χ3n) is 4.53. The van der Waals surface area contributed by atoms with E-state index in [1.54, 1.807) is 42.8 Å². The van der Waals surface area contributed by atoms with Gasteiger partial charge in [0.15, 0.2) is 0 Å². The number of anilines is 2. The van der Waals surface area contributed by atoms with Crippen molar-refractivity contribution in [3.05, 3.63) is 74.2 Å². The number of hydrogen-bond donors (Lipinski definition) is 1. The second-order valence-corrected chi connectivity index (χ2v) is 7.79. The summed E-state index contributed by atoms with van der Waals surface area (Å²) in [5.74, 6) is -1.17. The van der Waals surface area contributed by atoms with Gasteiger partial charge >= 0.3 is 0 Å². The number of nitrogens with one attached hydrogen (secondary N) is 1. The average molecular weight is 412 g/mol. The maximum absolute atomic E-state index is 12.8. The number of nitrogens with zero attached hydrogens (tertiary/aromatic N) is 2. The molecule has 0 spiro atoms. The Morgan fingerprint density at radius 2 is 1.93 bits per heavy atom. The topological polar surface area (TPSA) is 79.4 Å². The quantitative estimate of drug-likeness (QED) is 0.645. The maximum atomic E-state index is 12.8. The van der Waals surface area contributed by atoms with E-state index in [1.807, 2.05) is 6.92 Å². The minimum Gasteiger partial charge on any atom is -0.321 e. The zero-order valence-electron chi connectivity index (χ0n) is 14.9. The Hall–Kier alpha value is -3.03. The normalized spacial score (nSPS) is 13.0. The van der Waals surface area contributed by atoms with Crippen LogP contribution in [0.1, 0.15) is 41.6 Å². The van der Waals surface area contributed by atoms with Gasteiger partial charge in [0.2, 0.25) is 0 Å². The molecule has 0 radical (unpaired) electrons. The van der Waals surface area contributed by atoms with Crippen LogP contribution in [0.3, 0.4) is 0 Å². The number of fused-ring (bicyclic) bond motifs is 1. The van der Waals surface area contributed by atoms with Gasteiger partial charge in [-0.2, -0.15) is 0 Å². The summed E-state index contributed by atoms with van der Waals surface area (Å²) >= 11 is 7.73. The fraction of sp³-hybridized carbons (Fsp3) is 0.100. The lowest BCUT2D eigenvalue weighted by atomic mass is 10.0. The summed E-state index contributed by atoms with van der Waals surface area (Å²) < 4.78 is 0. The van der Waals surface area contributed by atoms with Crippen molar-refractivity contribution in [2.75, 3.05) is 10.2 Å². The van der Waals surface area contributed by atoms with E-state index < -0.39 is 11.8 Å². The van der Waals surface area contributed by atoms with E-state index in [9.17, 15) is 14.4 Å². The molecular formula is C20H14ClN3O3S. The van der Waals surface area contributed by atoms with Crippen molar-refractivity contribution < 1.29 is 14.4 Å². The molecule has 4 rings (SSSR count). The largest absolute Gasteiger partial charge is 0.321 e. The number of benzene rings is 2. The van der Waals surface area contributed by atoms with E-state index in [-0.39, 0.29) is 16.6 Å². The van der Waals surface area contributed by atoms with Gasteiger partial charge in [-0.1, -0.05) is 23.7 Å². The number of rotatable bonds is 3. The zero-order valence-corrected chi connectivity index (χ0v) is 16.5. The zero-order chi connectivity index (χ0) is 20.0. The highest BCUT2D eigenvalue weighted by atomic mass is 35.5. The van der Waals surface area contributed by atoms with Crippen molar-refractivity contribution in [2.24, 2.45) is 0 Å². The Kier molecular flexibility index (Phi) is 4.49. The van der Waals surface area contributed by atoms with Crippen molar-refractivity contribution in [1.29, 1.82) is 0 Å². The first-order valence-corrected chi connectivity index (χ1v) is 9.63. The van der Waals surface area contributed by atoms with Crippen LogP contribution in [-0.2, 0) is 0 Å². The second kappa shape index (κ2) is 6.85. The van der Waals surface area contributed by atoms with E-state index in [1.165, 1.54) is 17.4 Å². The van der Waals surface area contributed by atoms with Crippen molar-refractivity contribution in [1.82, 2.24) is 4.98 Å². The van der Waals surface area contributed by atoms with Crippen molar-refractivity contribution >= 4 is 52.0 Å². The Morgan fingerprint density at radius 3 is 2.57 bits per heavy atom. The lowest BCUT2D eigenvalue weighted by molar-refractivity contribution is 0.0924. The molecule has 140 valence electrons. The van der Waals surface area contributed by atoms with Gasteiger partial charge in [0.05, 0.1) is 27.3 Å². The highest BCUT2D eigenvalue weighted by Crippen LogP contribution is 2.35. The molecule has 0 bridgehead atoms. The first-order chi connectivity index (χ1) is 13.4. The Balaban J connectivity index is 1.63. The molecule has 1 aromatic heterocycles. The summed E-state index contributed by atoms with van der Waals surface area (Å²) in [6.07, 6.45) is 0. The van der Waals surface area contributed by atoms with Crippen molar-refractivity contribution in [3.63, 3.8) is 0 Å². The van der Waals surface area contributed by atoms with Gasteiger partial charge in [-0.05, 0) is 43.7 Å². The van der Waals surface area contributed by atoms with Crippen LogP contribution in [0.2, 0.25) is 5.02 Å². The van der Waals surface area contributed by atoms with E-state index in [0.29, 0.717) is 22.5 Å². The molecule has 28 heavy (non-hydrogen) atoms. The molecule has 0 aliphatic carbocycles. The van der Waals surface area contributed by atoms with E-state index in [2.05, 4.69) is 10.3 Å². The van der Waals surface area contributed by atoms with Crippen LogP contribution >= 0.6 is 22.9 Å². The molecule has 2 heterocycles. The molecule has 3 amide bonds. The van der Waals surface area contributed by atoms with Crippen molar-refractivity contribution in [3.8, 4) is 0 Å². The van der Waals surface area contributed by atoms with Gasteiger partial charge < -0.3 is 5.32 Å². The second-order valence-electron chi connectivity index (χ2n) is 6.32. The number of amides is 3. The molecule has 0 saturated carbocycles. The van der Waals surface area contributed by atoms with Gasteiger partial charge in [0.1, 0.15) is 5.69 Å². The third-order valence-corrected chi connectivity index (χ3v) is 5.59. The number of halogens is 1. The lowest BCUT2D eigenvalue weighted by Gasteiger charge is -2.16. The van der Waals surface area contributed by atoms with Crippen LogP contribution in [0.15, 0.2) is 41.9 Å². The summed E-state index contributed by atoms with van der Waals surface area (Å²) in [6, 6.07) is 9.80. The number of aryl methyl sites for hydroxylation is 2. The molecule has 1 N–H and O–H groups in total. The summed E-state index contributed by atoms with van der Waals surface area (Å²) in [6.45, 7) is 3.60. The van der Waals surface area contributed by atoms with Gasteiger partial charge in [-0.15, -0.1) is 11.3 Å². The van der Waals surface area contributed by atoms with Gasteiger partial charge in [-0.25, -0.2) is 9.88 Å². The Bertz CT molecular complexity index is 1160. The molecule has 1 aliphatic rings. The molecule has 6 nitrogen and oxygen atoms in total. The van der Waals surface area contributed by atoms with Crippen LogP contribution in [0.4, 0.5) is 11.4 Å². The smallest absolute Gasteiger partial charge is 0.275 e. The third kappa shape index (κ3) is 2.89. The summed E-state index contributed by atoms with van der Waals surface area (Å²) in [7, 11) is 0. The van der Waals surface area contributed by atoms with Crippen molar-refractivity contribution in [2.45, 2.75) is 13.8 Å². The first kappa shape index (κ1) is 18.3. The lowest BCUT2D eigenvalue weighted by Crippen LogP contribution is -2.29. The Morgan fingerprint density at radius 1 is 1.14 bits per heavy atom. The SMILES string of the molecule is Cc1cccc2c1C(=O)N(c1ccc(NC(=O)c3ncsc3C)cc1Cl)C2=O. The van der Waals surface area contributed by atoms with Crippen LogP contribution in [-0.4, -0.2) is 22.7 Å². The number of hydrogen-bond acceptors (Lipinski definition) is 5. The molecule has 8 heteroatoms.